The molecule has 1 aliphatic carbocycles. The molecule has 2 fully saturated rings. The van der Waals surface area contributed by atoms with E-state index in [1.807, 2.05) is 0 Å². The van der Waals surface area contributed by atoms with Gasteiger partial charge in [-0.1, -0.05) is 6.07 Å². The molecule has 4 heterocycles. The Morgan fingerprint density at radius 3 is 2.81 bits per heavy atom. The van der Waals surface area contributed by atoms with E-state index in [1.165, 1.54) is 30.7 Å². The van der Waals surface area contributed by atoms with Crippen molar-refractivity contribution in [2.45, 2.75) is 43.2 Å². The topological polar surface area (TPSA) is 92.3 Å². The lowest BCUT2D eigenvalue weighted by Gasteiger charge is -2.45. The van der Waals surface area contributed by atoms with E-state index in [-0.39, 0.29) is 17.8 Å². The molecule has 0 amide bonds. The Morgan fingerprint density at radius 2 is 2.00 bits per heavy atom. The predicted octanol–water partition coefficient (Wildman–Crippen LogP) is 3.68. The second kappa shape index (κ2) is 7.17. The van der Waals surface area contributed by atoms with E-state index in [4.69, 9.17) is 9.47 Å². The fraction of sp³-hybridized carbons (Fsp3) is 0.478. The summed E-state index contributed by atoms with van der Waals surface area (Å²) in [6, 6.07) is 6.42. The van der Waals surface area contributed by atoms with Crippen molar-refractivity contribution >= 4 is 16.9 Å². The van der Waals surface area contributed by atoms with E-state index in [0.29, 0.717) is 50.1 Å². The van der Waals surface area contributed by atoms with Crippen LogP contribution in [0.3, 0.4) is 0 Å². The number of nitrogens with one attached hydrogen (secondary N) is 2. The lowest BCUT2D eigenvalue weighted by Crippen LogP contribution is -2.51. The molecule has 0 radical (unpaired) electrons. The quantitative estimate of drug-likeness (QED) is 0.592. The summed E-state index contributed by atoms with van der Waals surface area (Å²) >= 11 is 0. The fourth-order valence-corrected chi connectivity index (χ4v) is 4.96. The van der Waals surface area contributed by atoms with Crippen LogP contribution in [0.2, 0.25) is 0 Å². The van der Waals surface area contributed by atoms with Gasteiger partial charge in [0.1, 0.15) is 29.4 Å². The van der Waals surface area contributed by atoms with Gasteiger partial charge in [-0.3, -0.25) is 0 Å². The number of rotatable bonds is 4. The standard InChI is InChI=1S/C23H25FN4O3/c24-14-3-4-15-19(9-14)31-11-17(23(29)5-7-30-8-6-23)20(15)28-22-16-10-18(13-1-2-13)27-21(16)25-12-26-22/h3-4,9-10,12-13,17,20,29H,1-2,5-8,11H2,(H2,25,26,27,28). The number of ether oxygens (including phenoxy) is 2. The number of aromatic nitrogens is 3. The van der Waals surface area contributed by atoms with Gasteiger partial charge in [-0.05, 0) is 30.9 Å². The van der Waals surface area contributed by atoms with Crippen molar-refractivity contribution in [2.24, 2.45) is 5.92 Å². The Morgan fingerprint density at radius 1 is 1.16 bits per heavy atom. The van der Waals surface area contributed by atoms with Crippen LogP contribution in [-0.2, 0) is 4.74 Å². The van der Waals surface area contributed by atoms with Crippen molar-refractivity contribution in [2.75, 3.05) is 25.1 Å². The molecule has 2 aliphatic heterocycles. The Balaban J connectivity index is 1.42. The van der Waals surface area contributed by atoms with Crippen molar-refractivity contribution in [3.05, 3.63) is 47.7 Å². The highest BCUT2D eigenvalue weighted by Gasteiger charge is 2.46. The van der Waals surface area contributed by atoms with Gasteiger partial charge in [-0.15, -0.1) is 0 Å². The lowest BCUT2D eigenvalue weighted by molar-refractivity contribution is -0.116. The van der Waals surface area contributed by atoms with Gasteiger partial charge in [0.25, 0.3) is 0 Å². The molecule has 1 aromatic carbocycles. The molecule has 1 saturated heterocycles. The molecule has 0 bridgehead atoms. The van der Waals surface area contributed by atoms with Crippen molar-refractivity contribution in [1.29, 1.82) is 0 Å². The molecule has 3 N–H and O–H groups in total. The second-order valence-corrected chi connectivity index (χ2v) is 8.92. The predicted molar refractivity (Wildman–Crippen MR) is 113 cm³/mol. The van der Waals surface area contributed by atoms with Crippen LogP contribution in [0, 0.1) is 11.7 Å². The maximum Gasteiger partial charge on any atom is 0.143 e. The van der Waals surface area contributed by atoms with Crippen LogP contribution >= 0.6 is 0 Å². The van der Waals surface area contributed by atoms with Gasteiger partial charge in [0.15, 0.2) is 0 Å². The van der Waals surface area contributed by atoms with E-state index in [0.717, 1.165) is 16.6 Å². The number of aromatic amines is 1. The third-order valence-electron chi connectivity index (χ3n) is 6.94. The maximum atomic E-state index is 13.9. The molecular formula is C23H25FN4O3. The van der Waals surface area contributed by atoms with Crippen molar-refractivity contribution in [1.82, 2.24) is 15.0 Å². The van der Waals surface area contributed by atoms with Gasteiger partial charge in [-0.25, -0.2) is 14.4 Å². The normalized spacial score (nSPS) is 25.1. The number of halogens is 1. The first-order chi connectivity index (χ1) is 15.1. The minimum Gasteiger partial charge on any atom is -0.493 e. The zero-order chi connectivity index (χ0) is 21.0. The first-order valence-corrected chi connectivity index (χ1v) is 10.9. The Hall–Kier alpha value is -2.71. The van der Waals surface area contributed by atoms with Gasteiger partial charge in [0, 0.05) is 49.3 Å². The van der Waals surface area contributed by atoms with Gasteiger partial charge < -0.3 is 24.9 Å². The maximum absolute atomic E-state index is 13.9. The summed E-state index contributed by atoms with van der Waals surface area (Å²) in [7, 11) is 0. The molecule has 2 unspecified atom stereocenters. The van der Waals surface area contributed by atoms with Crippen LogP contribution in [-0.4, -0.2) is 45.5 Å². The smallest absolute Gasteiger partial charge is 0.143 e. The first-order valence-electron chi connectivity index (χ1n) is 10.9. The van der Waals surface area contributed by atoms with Crippen LogP contribution < -0.4 is 10.1 Å². The molecular weight excluding hydrogens is 399 g/mol. The zero-order valence-corrected chi connectivity index (χ0v) is 17.1. The van der Waals surface area contributed by atoms with E-state index in [9.17, 15) is 9.50 Å². The summed E-state index contributed by atoms with van der Waals surface area (Å²) in [5.74, 6) is 1.20. The summed E-state index contributed by atoms with van der Waals surface area (Å²) in [6.07, 6.45) is 4.99. The average Bonchev–Trinajstić information content (AvgIpc) is 3.53. The van der Waals surface area contributed by atoms with Crippen molar-refractivity contribution in [3.63, 3.8) is 0 Å². The van der Waals surface area contributed by atoms with Crippen molar-refractivity contribution in [3.8, 4) is 5.75 Å². The number of benzene rings is 1. The number of hydrogen-bond donors (Lipinski definition) is 3. The average molecular weight is 424 g/mol. The van der Waals surface area contributed by atoms with Gasteiger partial charge in [-0.2, -0.15) is 0 Å². The van der Waals surface area contributed by atoms with Crippen LogP contribution in [0.1, 0.15) is 48.9 Å². The zero-order valence-electron chi connectivity index (χ0n) is 17.1. The molecule has 1 saturated carbocycles. The van der Waals surface area contributed by atoms with E-state index in [2.05, 4.69) is 26.3 Å². The molecule has 7 nitrogen and oxygen atoms in total. The summed E-state index contributed by atoms with van der Waals surface area (Å²) in [4.78, 5) is 12.3. The molecule has 6 rings (SSSR count). The second-order valence-electron chi connectivity index (χ2n) is 8.92. The molecule has 2 aromatic heterocycles. The Bertz CT molecular complexity index is 1120. The molecule has 2 atom stereocenters. The van der Waals surface area contributed by atoms with Gasteiger partial charge in [0.05, 0.1) is 23.6 Å². The lowest BCUT2D eigenvalue weighted by atomic mass is 9.74. The molecule has 162 valence electrons. The third-order valence-corrected chi connectivity index (χ3v) is 6.94. The summed E-state index contributed by atoms with van der Waals surface area (Å²) in [6.45, 7) is 1.31. The number of fused-ring (bicyclic) bond motifs is 2. The highest BCUT2D eigenvalue weighted by atomic mass is 19.1. The molecule has 3 aliphatic rings. The van der Waals surface area contributed by atoms with E-state index >= 15 is 0 Å². The highest BCUT2D eigenvalue weighted by molar-refractivity contribution is 5.88. The molecule has 8 heteroatoms. The Kier molecular flexibility index (Phi) is 4.40. The van der Waals surface area contributed by atoms with Crippen LogP contribution in [0.4, 0.5) is 10.2 Å². The van der Waals surface area contributed by atoms with Gasteiger partial charge >= 0.3 is 0 Å². The number of aliphatic hydroxyl groups is 1. The number of hydrogen-bond acceptors (Lipinski definition) is 6. The highest BCUT2D eigenvalue weighted by Crippen LogP contribution is 2.46. The molecule has 0 spiro atoms. The minimum absolute atomic E-state index is 0.235. The summed E-state index contributed by atoms with van der Waals surface area (Å²) in [5.41, 5.74) is 1.87. The summed E-state index contributed by atoms with van der Waals surface area (Å²) < 4.78 is 25.3. The van der Waals surface area contributed by atoms with Crippen LogP contribution in [0.25, 0.3) is 11.0 Å². The monoisotopic (exact) mass is 424 g/mol. The van der Waals surface area contributed by atoms with E-state index in [1.54, 1.807) is 12.4 Å². The first kappa shape index (κ1) is 19.0. The number of anilines is 1. The Labute approximate surface area is 179 Å². The van der Waals surface area contributed by atoms with Crippen molar-refractivity contribution < 1.29 is 19.0 Å². The largest absolute Gasteiger partial charge is 0.493 e. The third kappa shape index (κ3) is 3.34. The molecule has 31 heavy (non-hydrogen) atoms. The van der Waals surface area contributed by atoms with Gasteiger partial charge in [0.2, 0.25) is 0 Å². The summed E-state index contributed by atoms with van der Waals surface area (Å²) in [5, 5.41) is 16.0. The van der Waals surface area contributed by atoms with Crippen LogP contribution in [0.5, 0.6) is 5.75 Å². The minimum atomic E-state index is -0.939. The van der Waals surface area contributed by atoms with E-state index < -0.39 is 5.60 Å². The fourth-order valence-electron chi connectivity index (χ4n) is 4.96. The number of nitrogens with zero attached hydrogens (tertiary/aromatic N) is 2. The molecule has 3 aromatic rings. The number of H-pyrrole nitrogens is 1. The SMILES string of the molecule is OC1(C2COc3cc(F)ccc3C2Nc2ncnc3[nH]c(C4CC4)cc23)CCOCC1. The van der Waals surface area contributed by atoms with Crippen LogP contribution in [0.15, 0.2) is 30.6 Å².